The standard InChI is InChI=1S/C17H19N9O/c1-22-5-6-24(17(22)27)13-7-20-26(12-13)14-10-23(11-14)15-8-18-9-16(21-15)25-4-2-3-19-25/h2-4,7-9,12,14H,5-6,10-11H2,1H3. The van der Waals surface area contributed by atoms with Gasteiger partial charge in [0.15, 0.2) is 5.82 Å². The molecule has 138 valence electrons. The Balaban J connectivity index is 1.26. The van der Waals surface area contributed by atoms with Crippen molar-refractivity contribution in [2.75, 3.05) is 43.0 Å². The summed E-state index contributed by atoms with van der Waals surface area (Å²) in [6.07, 6.45) is 10.7. The summed E-state index contributed by atoms with van der Waals surface area (Å²) >= 11 is 0. The van der Waals surface area contributed by atoms with Crippen LogP contribution < -0.4 is 9.80 Å². The van der Waals surface area contributed by atoms with Crippen LogP contribution in [0.4, 0.5) is 16.3 Å². The van der Waals surface area contributed by atoms with Crippen LogP contribution in [0.5, 0.6) is 0 Å². The van der Waals surface area contributed by atoms with E-state index in [1.807, 2.05) is 30.2 Å². The Morgan fingerprint density at radius 3 is 2.67 bits per heavy atom. The van der Waals surface area contributed by atoms with Crippen molar-refractivity contribution in [2.24, 2.45) is 0 Å². The van der Waals surface area contributed by atoms with Gasteiger partial charge in [0.05, 0.1) is 30.3 Å². The van der Waals surface area contributed by atoms with Gasteiger partial charge in [-0.2, -0.15) is 10.2 Å². The molecule has 0 radical (unpaired) electrons. The Morgan fingerprint density at radius 2 is 1.93 bits per heavy atom. The van der Waals surface area contributed by atoms with Gasteiger partial charge in [-0.15, -0.1) is 0 Å². The van der Waals surface area contributed by atoms with Crippen molar-refractivity contribution in [1.29, 1.82) is 0 Å². The van der Waals surface area contributed by atoms with E-state index in [-0.39, 0.29) is 12.1 Å². The summed E-state index contributed by atoms with van der Waals surface area (Å²) in [7, 11) is 1.81. The van der Waals surface area contributed by atoms with Crippen molar-refractivity contribution >= 4 is 17.5 Å². The van der Waals surface area contributed by atoms with Crippen LogP contribution in [0, 0.1) is 0 Å². The van der Waals surface area contributed by atoms with Crippen molar-refractivity contribution in [3.63, 3.8) is 0 Å². The zero-order valence-electron chi connectivity index (χ0n) is 14.9. The number of amides is 2. The first-order valence-corrected chi connectivity index (χ1v) is 8.83. The van der Waals surface area contributed by atoms with E-state index in [9.17, 15) is 4.79 Å². The van der Waals surface area contributed by atoms with Crippen molar-refractivity contribution in [2.45, 2.75) is 6.04 Å². The number of hydrogen-bond acceptors (Lipinski definition) is 6. The van der Waals surface area contributed by atoms with E-state index in [1.54, 1.807) is 39.3 Å². The normalized spacial score (nSPS) is 17.7. The summed E-state index contributed by atoms with van der Waals surface area (Å²) in [5.41, 5.74) is 0.850. The molecule has 0 atom stereocenters. The van der Waals surface area contributed by atoms with Crippen LogP contribution >= 0.6 is 0 Å². The van der Waals surface area contributed by atoms with Crippen molar-refractivity contribution in [1.82, 2.24) is 34.4 Å². The van der Waals surface area contributed by atoms with Gasteiger partial charge < -0.3 is 9.80 Å². The molecule has 3 aromatic rings. The summed E-state index contributed by atoms with van der Waals surface area (Å²) in [5.74, 6) is 1.52. The molecule has 0 spiro atoms. The van der Waals surface area contributed by atoms with Gasteiger partial charge in [0, 0.05) is 51.8 Å². The van der Waals surface area contributed by atoms with Crippen LogP contribution in [0.2, 0.25) is 0 Å². The third kappa shape index (κ3) is 2.69. The number of carbonyl (C=O) groups excluding carboxylic acids is 1. The molecule has 3 aromatic heterocycles. The molecule has 2 aliphatic heterocycles. The molecule has 27 heavy (non-hydrogen) atoms. The minimum absolute atomic E-state index is 0.0236. The van der Waals surface area contributed by atoms with Gasteiger partial charge in [-0.05, 0) is 6.07 Å². The molecule has 10 nitrogen and oxygen atoms in total. The molecule has 0 bridgehead atoms. The predicted octanol–water partition coefficient (Wildman–Crippen LogP) is 0.792. The molecule has 0 N–H and O–H groups in total. The van der Waals surface area contributed by atoms with Gasteiger partial charge in [-0.1, -0.05) is 0 Å². The van der Waals surface area contributed by atoms with Gasteiger partial charge in [-0.25, -0.2) is 14.5 Å². The predicted molar refractivity (Wildman–Crippen MR) is 98.0 cm³/mol. The summed E-state index contributed by atoms with van der Waals surface area (Å²) < 4.78 is 3.62. The molecular weight excluding hydrogens is 346 g/mol. The highest BCUT2D eigenvalue weighted by Crippen LogP contribution is 2.28. The van der Waals surface area contributed by atoms with E-state index in [0.29, 0.717) is 12.4 Å². The maximum atomic E-state index is 12.1. The highest BCUT2D eigenvalue weighted by molar-refractivity contribution is 5.93. The lowest BCUT2D eigenvalue weighted by Crippen LogP contribution is -2.48. The lowest BCUT2D eigenvalue weighted by Gasteiger charge is -2.39. The zero-order chi connectivity index (χ0) is 18.4. The van der Waals surface area contributed by atoms with E-state index in [0.717, 1.165) is 31.1 Å². The molecule has 2 fully saturated rings. The molecule has 0 unspecified atom stereocenters. The fraction of sp³-hybridized carbons (Fsp3) is 0.353. The van der Waals surface area contributed by atoms with E-state index in [1.165, 1.54) is 0 Å². The summed E-state index contributed by atoms with van der Waals surface area (Å²) in [5, 5.41) is 8.65. The van der Waals surface area contributed by atoms with Gasteiger partial charge in [0.25, 0.3) is 0 Å². The molecule has 2 amide bonds. The van der Waals surface area contributed by atoms with E-state index < -0.39 is 0 Å². The number of anilines is 2. The lowest BCUT2D eigenvalue weighted by atomic mass is 10.1. The minimum Gasteiger partial charge on any atom is -0.351 e. The molecule has 5 rings (SSSR count). The average Bonchev–Trinajstić information content (AvgIpc) is 3.37. The van der Waals surface area contributed by atoms with Crippen LogP contribution in [0.1, 0.15) is 6.04 Å². The molecule has 0 saturated carbocycles. The molecule has 10 heteroatoms. The molecule has 5 heterocycles. The fourth-order valence-corrected chi connectivity index (χ4v) is 3.38. The van der Waals surface area contributed by atoms with Gasteiger partial charge >= 0.3 is 6.03 Å². The smallest absolute Gasteiger partial charge is 0.324 e. The topological polar surface area (TPSA) is 88.2 Å². The van der Waals surface area contributed by atoms with E-state index in [2.05, 4.69) is 25.1 Å². The van der Waals surface area contributed by atoms with Crippen LogP contribution in [-0.4, -0.2) is 73.7 Å². The summed E-state index contributed by atoms with van der Waals surface area (Å²) in [4.78, 5) is 26.7. The van der Waals surface area contributed by atoms with Crippen LogP contribution in [0.15, 0.2) is 43.2 Å². The van der Waals surface area contributed by atoms with Crippen LogP contribution in [0.25, 0.3) is 5.82 Å². The van der Waals surface area contributed by atoms with E-state index in [4.69, 9.17) is 0 Å². The molecule has 2 aliphatic rings. The lowest BCUT2D eigenvalue weighted by molar-refractivity contribution is 0.229. The Kier molecular flexibility index (Phi) is 3.56. The van der Waals surface area contributed by atoms with Gasteiger partial charge in [0.2, 0.25) is 0 Å². The zero-order valence-corrected chi connectivity index (χ0v) is 14.9. The molecule has 2 saturated heterocycles. The Bertz CT molecular complexity index is 960. The summed E-state index contributed by atoms with van der Waals surface area (Å²) in [6.45, 7) is 3.04. The maximum absolute atomic E-state index is 12.1. The highest BCUT2D eigenvalue weighted by Gasteiger charge is 2.32. The second-order valence-corrected chi connectivity index (χ2v) is 6.78. The Labute approximate surface area is 155 Å². The highest BCUT2D eigenvalue weighted by atomic mass is 16.2. The second kappa shape index (κ2) is 6.08. The minimum atomic E-state index is 0.0236. The summed E-state index contributed by atoms with van der Waals surface area (Å²) in [6, 6.07) is 2.13. The average molecular weight is 365 g/mol. The number of likely N-dealkylation sites (N-methyl/N-ethyl adjacent to an activating group) is 1. The number of urea groups is 1. The number of carbonyl (C=O) groups is 1. The monoisotopic (exact) mass is 365 g/mol. The van der Waals surface area contributed by atoms with Crippen molar-refractivity contribution in [3.05, 3.63) is 43.2 Å². The fourth-order valence-electron chi connectivity index (χ4n) is 3.38. The number of rotatable bonds is 4. The van der Waals surface area contributed by atoms with E-state index >= 15 is 0 Å². The molecule has 0 aromatic carbocycles. The second-order valence-electron chi connectivity index (χ2n) is 6.78. The van der Waals surface area contributed by atoms with Gasteiger partial charge in [-0.3, -0.25) is 14.6 Å². The number of hydrogen-bond donors (Lipinski definition) is 0. The maximum Gasteiger partial charge on any atom is 0.324 e. The van der Waals surface area contributed by atoms with Crippen molar-refractivity contribution < 1.29 is 4.79 Å². The number of aromatic nitrogens is 6. The van der Waals surface area contributed by atoms with Crippen LogP contribution in [-0.2, 0) is 0 Å². The largest absolute Gasteiger partial charge is 0.351 e. The first-order valence-electron chi connectivity index (χ1n) is 8.83. The van der Waals surface area contributed by atoms with Crippen LogP contribution in [0.3, 0.4) is 0 Å². The quantitative estimate of drug-likeness (QED) is 0.679. The van der Waals surface area contributed by atoms with Crippen molar-refractivity contribution in [3.8, 4) is 5.82 Å². The number of nitrogens with zero attached hydrogens (tertiary/aromatic N) is 9. The SMILES string of the molecule is CN1CCN(c2cnn(C3CN(c4cncc(-n5cccn5)n4)C3)c2)C1=O. The molecular formula is C17H19N9O. The first kappa shape index (κ1) is 15.8. The first-order chi connectivity index (χ1) is 13.2. The Hall–Kier alpha value is -3.43. The molecule has 0 aliphatic carbocycles. The van der Waals surface area contributed by atoms with Gasteiger partial charge in [0.1, 0.15) is 5.82 Å². The Morgan fingerprint density at radius 1 is 1.07 bits per heavy atom. The third-order valence-corrected chi connectivity index (χ3v) is 5.02. The third-order valence-electron chi connectivity index (χ3n) is 5.02.